The zero-order valence-electron chi connectivity index (χ0n) is 13.1. The average molecular weight is 372 g/mol. The number of nitrogens with zero attached hydrogens (tertiary/aromatic N) is 5. The van der Waals surface area contributed by atoms with Crippen LogP contribution >= 0.6 is 7.82 Å². The summed E-state index contributed by atoms with van der Waals surface area (Å²) in [6.45, 7) is -0.182. The Balaban J connectivity index is 1.70. The van der Waals surface area contributed by atoms with Gasteiger partial charge in [0, 0.05) is 6.54 Å². The predicted molar refractivity (Wildman–Crippen MR) is 83.0 cm³/mol. The molecule has 0 aliphatic carbocycles. The Morgan fingerprint density at radius 2 is 2.24 bits per heavy atom. The second-order valence-electron chi connectivity index (χ2n) is 6.27. The number of phosphoric ester groups is 1. The molecule has 0 aromatic carbocycles. The molecule has 4 heterocycles. The summed E-state index contributed by atoms with van der Waals surface area (Å²) in [5.74, 6) is 0.223. The van der Waals surface area contributed by atoms with Gasteiger partial charge >= 0.3 is 7.82 Å². The molecule has 0 saturated carbocycles. The standard InChI is InChI=1S/C12H17N6O6P/c1-17-2-12(3-23-25(20,21)22)8(19)7(17)11(24-12)18-5-16-6-9(13)14-4-15-10(6)18/h4-5,7-8,11,19H,2-3H2,1H3,(H2,13,14,15)(H2,20,21,22)/t7-,8?,11+,12+/m0/s1. The second kappa shape index (κ2) is 5.42. The van der Waals surface area contributed by atoms with Crippen LogP contribution in [0.4, 0.5) is 5.82 Å². The Morgan fingerprint density at radius 1 is 1.48 bits per heavy atom. The molecule has 0 spiro atoms. The Labute approximate surface area is 141 Å². The van der Waals surface area contributed by atoms with E-state index in [1.165, 1.54) is 12.7 Å². The summed E-state index contributed by atoms with van der Waals surface area (Å²) in [5.41, 5.74) is 5.37. The normalized spacial score (nSPS) is 32.7. The summed E-state index contributed by atoms with van der Waals surface area (Å²) in [4.78, 5) is 32.0. The van der Waals surface area contributed by atoms with Crippen molar-refractivity contribution < 1.29 is 28.7 Å². The van der Waals surface area contributed by atoms with Crippen LogP contribution in [0, 0.1) is 0 Å². The summed E-state index contributed by atoms with van der Waals surface area (Å²) < 4.78 is 23.3. The van der Waals surface area contributed by atoms with Gasteiger partial charge in [0.1, 0.15) is 23.5 Å². The van der Waals surface area contributed by atoms with Crippen LogP contribution in [-0.4, -0.2) is 77.3 Å². The van der Waals surface area contributed by atoms with Crippen molar-refractivity contribution in [3.63, 3.8) is 0 Å². The molecule has 25 heavy (non-hydrogen) atoms. The van der Waals surface area contributed by atoms with E-state index in [-0.39, 0.29) is 12.4 Å². The highest BCUT2D eigenvalue weighted by Crippen LogP contribution is 2.49. The number of aliphatic hydroxyl groups excluding tert-OH is 1. The number of ether oxygens (including phenoxy) is 1. The number of phosphoric acid groups is 1. The van der Waals surface area contributed by atoms with Gasteiger partial charge in [-0.2, -0.15) is 0 Å². The van der Waals surface area contributed by atoms with Crippen LogP contribution in [0.3, 0.4) is 0 Å². The van der Waals surface area contributed by atoms with Crippen LogP contribution in [-0.2, 0) is 13.8 Å². The van der Waals surface area contributed by atoms with Crippen LogP contribution in [0.25, 0.3) is 11.2 Å². The Bertz CT molecular complexity index is 871. The third kappa shape index (κ3) is 2.54. The van der Waals surface area contributed by atoms with Crippen molar-refractivity contribution in [3.05, 3.63) is 12.7 Å². The number of fused-ring (bicyclic) bond motifs is 3. The molecule has 5 N–H and O–H groups in total. The van der Waals surface area contributed by atoms with E-state index in [0.29, 0.717) is 11.2 Å². The third-order valence-electron chi connectivity index (χ3n) is 4.67. The minimum atomic E-state index is -4.69. The molecule has 2 aromatic heterocycles. The largest absolute Gasteiger partial charge is 0.469 e. The molecule has 0 amide bonds. The van der Waals surface area contributed by atoms with Gasteiger partial charge in [0.25, 0.3) is 0 Å². The van der Waals surface area contributed by atoms with Gasteiger partial charge in [0.15, 0.2) is 17.7 Å². The molecule has 13 heteroatoms. The highest BCUT2D eigenvalue weighted by atomic mass is 31.2. The topological polar surface area (TPSA) is 169 Å². The fourth-order valence-corrected chi connectivity index (χ4v) is 3.99. The number of imidazole rings is 1. The SMILES string of the molecule is CN1C[C@]2(COP(=O)(O)O)O[C@@H](n3cnc4c(N)ncnc43)[C@@H]1C2O. The van der Waals surface area contributed by atoms with E-state index >= 15 is 0 Å². The first-order valence-electron chi connectivity index (χ1n) is 7.41. The van der Waals surface area contributed by atoms with E-state index in [2.05, 4.69) is 19.5 Å². The minimum Gasteiger partial charge on any atom is -0.388 e. The van der Waals surface area contributed by atoms with Crippen molar-refractivity contribution in [1.82, 2.24) is 24.4 Å². The summed E-state index contributed by atoms with van der Waals surface area (Å²) >= 11 is 0. The molecule has 2 bridgehead atoms. The average Bonchev–Trinajstić information content (AvgIpc) is 3.14. The smallest absolute Gasteiger partial charge is 0.388 e. The van der Waals surface area contributed by atoms with Crippen molar-refractivity contribution in [3.8, 4) is 0 Å². The maximum absolute atomic E-state index is 11.0. The number of nitrogens with two attached hydrogens (primary N) is 1. The minimum absolute atomic E-state index is 0.223. The van der Waals surface area contributed by atoms with E-state index in [4.69, 9.17) is 20.3 Å². The summed E-state index contributed by atoms with van der Waals surface area (Å²) in [6.07, 6.45) is 1.11. The van der Waals surface area contributed by atoms with E-state index < -0.39 is 38.4 Å². The lowest BCUT2D eigenvalue weighted by molar-refractivity contribution is -0.147. The number of hydrogen-bond donors (Lipinski definition) is 4. The number of nitrogen functional groups attached to an aromatic ring is 1. The van der Waals surface area contributed by atoms with Crippen molar-refractivity contribution >= 4 is 24.8 Å². The van der Waals surface area contributed by atoms with Gasteiger partial charge in [-0.25, -0.2) is 19.5 Å². The number of anilines is 1. The van der Waals surface area contributed by atoms with Crippen LogP contribution in [0.5, 0.6) is 0 Å². The maximum atomic E-state index is 11.0. The Kier molecular flexibility index (Phi) is 3.64. The zero-order valence-corrected chi connectivity index (χ0v) is 14.0. The van der Waals surface area contributed by atoms with Crippen molar-refractivity contribution in [1.29, 1.82) is 0 Å². The highest BCUT2D eigenvalue weighted by Gasteiger charge is 2.63. The number of likely N-dealkylation sites (tertiary alicyclic amines) is 1. The molecule has 0 radical (unpaired) electrons. The van der Waals surface area contributed by atoms with Gasteiger partial charge in [-0.3, -0.25) is 14.0 Å². The van der Waals surface area contributed by atoms with Gasteiger partial charge < -0.3 is 25.4 Å². The van der Waals surface area contributed by atoms with Crippen molar-refractivity contribution in [2.45, 2.75) is 24.0 Å². The number of rotatable bonds is 4. The van der Waals surface area contributed by atoms with Gasteiger partial charge in [-0.1, -0.05) is 0 Å². The van der Waals surface area contributed by atoms with Crippen LogP contribution in [0.1, 0.15) is 6.23 Å². The summed E-state index contributed by atoms with van der Waals surface area (Å²) in [6, 6.07) is -0.464. The molecule has 12 nitrogen and oxygen atoms in total. The molecule has 4 atom stereocenters. The first kappa shape index (κ1) is 16.8. The molecule has 1 unspecified atom stereocenters. The molecule has 2 aliphatic heterocycles. The number of likely N-dealkylation sites (N-methyl/N-ethyl adjacent to an activating group) is 1. The number of hydrogen-bond acceptors (Lipinski definition) is 9. The lowest BCUT2D eigenvalue weighted by Crippen LogP contribution is -2.47. The number of aliphatic hydroxyl groups is 1. The van der Waals surface area contributed by atoms with E-state index in [1.54, 1.807) is 11.6 Å². The molecule has 2 aromatic rings. The lowest BCUT2D eigenvalue weighted by atomic mass is 10.0. The molecule has 2 fully saturated rings. The van der Waals surface area contributed by atoms with Crippen LogP contribution < -0.4 is 5.73 Å². The van der Waals surface area contributed by atoms with Crippen LogP contribution in [0.2, 0.25) is 0 Å². The molecule has 2 aliphatic rings. The molecule has 136 valence electrons. The predicted octanol–water partition coefficient (Wildman–Crippen LogP) is -1.54. The van der Waals surface area contributed by atoms with E-state index in [0.717, 1.165) is 0 Å². The third-order valence-corrected chi connectivity index (χ3v) is 5.14. The van der Waals surface area contributed by atoms with Crippen molar-refractivity contribution in [2.75, 3.05) is 25.9 Å². The van der Waals surface area contributed by atoms with Crippen LogP contribution in [0.15, 0.2) is 12.7 Å². The summed E-state index contributed by atoms with van der Waals surface area (Å²) in [5, 5.41) is 10.7. The maximum Gasteiger partial charge on any atom is 0.469 e. The Morgan fingerprint density at radius 3 is 2.96 bits per heavy atom. The monoisotopic (exact) mass is 372 g/mol. The second-order valence-corrected chi connectivity index (χ2v) is 7.51. The van der Waals surface area contributed by atoms with Gasteiger partial charge in [-0.15, -0.1) is 0 Å². The lowest BCUT2D eigenvalue weighted by Gasteiger charge is -2.35. The Hall–Kier alpha value is -1.66. The van der Waals surface area contributed by atoms with E-state index in [1.807, 2.05) is 4.90 Å². The molecule has 2 saturated heterocycles. The highest BCUT2D eigenvalue weighted by molar-refractivity contribution is 7.46. The fourth-order valence-electron chi connectivity index (χ4n) is 3.60. The quantitative estimate of drug-likeness (QED) is 0.459. The summed E-state index contributed by atoms with van der Waals surface area (Å²) in [7, 11) is -2.91. The fraction of sp³-hybridized carbons (Fsp3) is 0.583. The zero-order chi connectivity index (χ0) is 18.0. The first-order valence-corrected chi connectivity index (χ1v) is 8.94. The molecular weight excluding hydrogens is 355 g/mol. The number of aromatic nitrogens is 4. The van der Waals surface area contributed by atoms with Gasteiger partial charge in [0.2, 0.25) is 0 Å². The number of morpholine rings is 1. The molecular formula is C12H17N6O6P. The van der Waals surface area contributed by atoms with Gasteiger partial charge in [-0.05, 0) is 7.05 Å². The first-order chi connectivity index (χ1) is 11.7. The van der Waals surface area contributed by atoms with Crippen molar-refractivity contribution in [2.24, 2.45) is 0 Å². The van der Waals surface area contributed by atoms with E-state index in [9.17, 15) is 9.67 Å². The molecule has 4 rings (SSSR count). The van der Waals surface area contributed by atoms with Gasteiger partial charge in [0.05, 0.1) is 19.0 Å².